The Morgan fingerprint density at radius 1 is 0.291 bits per heavy atom. The van der Waals surface area contributed by atoms with Gasteiger partial charge >= 0.3 is 0 Å². The van der Waals surface area contributed by atoms with Crippen LogP contribution >= 0.6 is 0 Å². The van der Waals surface area contributed by atoms with Gasteiger partial charge in [-0.2, -0.15) is 9.97 Å². The van der Waals surface area contributed by atoms with Crippen LogP contribution in [0.25, 0.3) is 105 Å². The van der Waals surface area contributed by atoms with Crippen molar-refractivity contribution in [3.8, 4) is 51.0 Å². The van der Waals surface area contributed by atoms with Gasteiger partial charge in [-0.05, 0) is 91.0 Å². The molecule has 0 aliphatic rings. The van der Waals surface area contributed by atoms with Crippen molar-refractivity contribution in [3.05, 3.63) is 194 Å². The van der Waals surface area contributed by atoms with Crippen LogP contribution < -0.4 is 0 Å². The molecular weight excluding hydrogens is 669 g/mol. The lowest BCUT2D eigenvalue weighted by Gasteiger charge is -2.11. The first-order valence-electron chi connectivity index (χ1n) is 18.6. The predicted octanol–water partition coefficient (Wildman–Crippen LogP) is 13.1. The molecule has 11 rings (SSSR count). The molecule has 4 heteroatoms. The summed E-state index contributed by atoms with van der Waals surface area (Å²) < 4.78 is 2.20. The van der Waals surface area contributed by atoms with Crippen molar-refractivity contribution < 1.29 is 0 Å². The Bertz CT molecular complexity index is 3200. The van der Waals surface area contributed by atoms with Gasteiger partial charge < -0.3 is 0 Å². The van der Waals surface area contributed by atoms with Gasteiger partial charge in [-0.3, -0.25) is 4.57 Å². The molecule has 0 aliphatic carbocycles. The second-order valence-electron chi connectivity index (χ2n) is 14.1. The Morgan fingerprint density at radius 3 is 1.44 bits per heavy atom. The molecule has 0 radical (unpaired) electrons. The maximum Gasteiger partial charge on any atom is 0.238 e. The average Bonchev–Trinajstić information content (AvgIpc) is 3.61. The number of nitrogens with zero attached hydrogens (tertiary/aromatic N) is 4. The van der Waals surface area contributed by atoms with E-state index < -0.39 is 0 Å². The van der Waals surface area contributed by atoms with Gasteiger partial charge in [0.2, 0.25) is 5.95 Å². The lowest BCUT2D eigenvalue weighted by atomic mass is 9.95. The molecule has 0 unspecified atom stereocenters. The zero-order valence-electron chi connectivity index (χ0n) is 29.8. The van der Waals surface area contributed by atoms with E-state index in [4.69, 9.17) is 15.0 Å². The van der Waals surface area contributed by atoms with E-state index in [2.05, 4.69) is 138 Å². The van der Waals surface area contributed by atoms with E-state index in [1.807, 2.05) is 60.7 Å². The molecule has 55 heavy (non-hydrogen) atoms. The van der Waals surface area contributed by atoms with Crippen LogP contribution in [0.4, 0.5) is 0 Å². The van der Waals surface area contributed by atoms with Gasteiger partial charge in [-0.1, -0.05) is 158 Å². The second-order valence-corrected chi connectivity index (χ2v) is 14.1. The van der Waals surface area contributed by atoms with Gasteiger partial charge in [-0.15, -0.1) is 0 Å². The molecule has 2 aromatic heterocycles. The summed E-state index contributed by atoms with van der Waals surface area (Å²) in [5.41, 5.74) is 8.78. The van der Waals surface area contributed by atoms with Gasteiger partial charge in [-0.25, -0.2) is 4.98 Å². The van der Waals surface area contributed by atoms with E-state index in [0.29, 0.717) is 17.6 Å². The van der Waals surface area contributed by atoms with E-state index >= 15 is 0 Å². The molecule has 4 nitrogen and oxygen atoms in total. The highest BCUT2D eigenvalue weighted by Gasteiger charge is 2.19. The normalized spacial score (nSPS) is 11.6. The van der Waals surface area contributed by atoms with Crippen molar-refractivity contribution in [3.63, 3.8) is 0 Å². The molecule has 0 saturated heterocycles. The highest BCUT2D eigenvalue weighted by atomic mass is 15.2. The largest absolute Gasteiger partial charge is 0.278 e. The molecular formula is C51H32N4. The standard InChI is InChI=1S/C51H32N4/c1-3-12-36(13-4-1)49-52-50(37-14-5-2-6-15-37)54-51(53-49)55-46-18-10-9-17-44(46)48-45-32-42(26-22-35(45)27-28-47(48)55)41-25-21-34-20-24-40(30-43(34)31-41)39-23-19-33-11-7-8-16-38(33)29-39/h1-32H. The van der Waals surface area contributed by atoms with Crippen molar-refractivity contribution in [2.45, 2.75) is 0 Å². The quantitative estimate of drug-likeness (QED) is 0.179. The molecule has 0 atom stereocenters. The highest BCUT2D eigenvalue weighted by Crippen LogP contribution is 2.39. The summed E-state index contributed by atoms with van der Waals surface area (Å²) in [6.45, 7) is 0. The van der Waals surface area contributed by atoms with Gasteiger partial charge in [0.15, 0.2) is 11.6 Å². The van der Waals surface area contributed by atoms with Crippen LogP contribution in [0.15, 0.2) is 194 Å². The Kier molecular flexibility index (Phi) is 7.14. The van der Waals surface area contributed by atoms with Crippen molar-refractivity contribution in [1.29, 1.82) is 0 Å². The van der Waals surface area contributed by atoms with E-state index in [9.17, 15) is 0 Å². The van der Waals surface area contributed by atoms with Crippen molar-refractivity contribution >= 4 is 54.1 Å². The van der Waals surface area contributed by atoms with Crippen molar-refractivity contribution in [2.75, 3.05) is 0 Å². The van der Waals surface area contributed by atoms with Gasteiger partial charge in [0.25, 0.3) is 0 Å². The molecule has 0 saturated carbocycles. The number of rotatable bonds is 5. The van der Waals surface area contributed by atoms with Crippen molar-refractivity contribution in [2.24, 2.45) is 0 Å². The fourth-order valence-electron chi connectivity index (χ4n) is 8.05. The summed E-state index contributed by atoms with van der Waals surface area (Å²) in [4.78, 5) is 15.2. The molecule has 0 amide bonds. The van der Waals surface area contributed by atoms with Crippen LogP contribution in [-0.4, -0.2) is 19.5 Å². The van der Waals surface area contributed by atoms with E-state index in [-0.39, 0.29) is 0 Å². The smallest absolute Gasteiger partial charge is 0.238 e. The van der Waals surface area contributed by atoms with E-state index in [1.54, 1.807) is 0 Å². The number of benzene rings is 9. The first kappa shape index (κ1) is 31.1. The lowest BCUT2D eigenvalue weighted by molar-refractivity contribution is 0.953. The molecule has 9 aromatic carbocycles. The zero-order valence-corrected chi connectivity index (χ0v) is 29.8. The van der Waals surface area contributed by atoms with Crippen LogP contribution in [-0.2, 0) is 0 Å². The number of hydrogen-bond acceptors (Lipinski definition) is 3. The molecule has 0 N–H and O–H groups in total. The maximum absolute atomic E-state index is 5.13. The first-order valence-corrected chi connectivity index (χ1v) is 18.6. The molecule has 0 spiro atoms. The maximum atomic E-state index is 5.13. The predicted molar refractivity (Wildman–Crippen MR) is 228 cm³/mol. The molecule has 0 fully saturated rings. The third kappa shape index (κ3) is 5.34. The number of fused-ring (bicyclic) bond motifs is 7. The molecule has 0 aliphatic heterocycles. The van der Waals surface area contributed by atoms with Gasteiger partial charge in [0.1, 0.15) is 0 Å². The van der Waals surface area contributed by atoms with Crippen LogP contribution in [0.1, 0.15) is 0 Å². The Balaban J connectivity index is 1.08. The number of hydrogen-bond donors (Lipinski definition) is 0. The van der Waals surface area contributed by atoms with Crippen LogP contribution in [0, 0.1) is 0 Å². The third-order valence-electron chi connectivity index (χ3n) is 10.8. The average molecular weight is 701 g/mol. The summed E-state index contributed by atoms with van der Waals surface area (Å²) >= 11 is 0. The summed E-state index contributed by atoms with van der Waals surface area (Å²) in [5.74, 6) is 1.86. The monoisotopic (exact) mass is 700 g/mol. The fraction of sp³-hybridized carbons (Fsp3) is 0. The SMILES string of the molecule is c1ccc(-c2nc(-c3ccccc3)nc(-n3c4ccccc4c4c5cc(-c6ccc7ccc(-c8ccc9ccccc9c8)cc7c6)ccc5ccc43)n2)cc1. The molecule has 11 aromatic rings. The number of para-hydroxylation sites is 1. The highest BCUT2D eigenvalue weighted by molar-refractivity contribution is 6.21. The Labute approximate surface area is 317 Å². The van der Waals surface area contributed by atoms with Crippen LogP contribution in [0.2, 0.25) is 0 Å². The number of aromatic nitrogens is 4. The topological polar surface area (TPSA) is 43.6 Å². The molecule has 2 heterocycles. The molecule has 0 bridgehead atoms. The van der Waals surface area contributed by atoms with Gasteiger partial charge in [0, 0.05) is 21.9 Å². The minimum absolute atomic E-state index is 0.589. The zero-order chi connectivity index (χ0) is 36.3. The minimum atomic E-state index is 0.589. The summed E-state index contributed by atoms with van der Waals surface area (Å²) in [6, 6.07) is 69.0. The summed E-state index contributed by atoms with van der Waals surface area (Å²) in [5, 5.41) is 9.66. The minimum Gasteiger partial charge on any atom is -0.278 e. The fourth-order valence-corrected chi connectivity index (χ4v) is 8.05. The second kappa shape index (κ2) is 12.6. The summed E-state index contributed by atoms with van der Waals surface area (Å²) in [7, 11) is 0. The Hall–Kier alpha value is -7.43. The third-order valence-corrected chi connectivity index (χ3v) is 10.8. The first-order chi connectivity index (χ1) is 27.2. The van der Waals surface area contributed by atoms with Crippen molar-refractivity contribution in [1.82, 2.24) is 19.5 Å². The molecule has 256 valence electrons. The van der Waals surface area contributed by atoms with Gasteiger partial charge in [0.05, 0.1) is 11.0 Å². The summed E-state index contributed by atoms with van der Waals surface area (Å²) in [6.07, 6.45) is 0. The van der Waals surface area contributed by atoms with E-state index in [0.717, 1.165) is 27.5 Å². The lowest BCUT2D eigenvalue weighted by Crippen LogP contribution is -2.06. The van der Waals surface area contributed by atoms with Crippen LogP contribution in [0.3, 0.4) is 0 Å². The van der Waals surface area contributed by atoms with Crippen LogP contribution in [0.5, 0.6) is 0 Å². The van der Waals surface area contributed by atoms with E-state index in [1.165, 1.54) is 60.0 Å². The Morgan fingerprint density at radius 2 is 0.782 bits per heavy atom.